The molecule has 1 aromatic rings. The van der Waals surface area contributed by atoms with Crippen LogP contribution in [-0.4, -0.2) is 32.3 Å². The van der Waals surface area contributed by atoms with Gasteiger partial charge in [0.1, 0.15) is 0 Å². The standard InChI is InChI=1S/C16H21F6N3O3S/c1-5-14(15(17,18)19,16(20,21)22)23-12(26)24-25-29(27,28)11-8-6-10(7-9-11)13(2,3)4/h6-9,25H,5H2,1-4H3,(H2,23,24,26). The van der Waals surface area contributed by atoms with Gasteiger partial charge < -0.3 is 5.32 Å². The molecule has 0 radical (unpaired) electrons. The summed E-state index contributed by atoms with van der Waals surface area (Å²) in [7, 11) is -4.44. The van der Waals surface area contributed by atoms with Gasteiger partial charge in [0.25, 0.3) is 10.0 Å². The summed E-state index contributed by atoms with van der Waals surface area (Å²) in [5.41, 5.74) is -2.73. The highest BCUT2D eigenvalue weighted by molar-refractivity contribution is 7.89. The third-order valence-corrected chi connectivity index (χ3v) is 5.42. The number of rotatable bonds is 5. The average Bonchev–Trinajstić information content (AvgIpc) is 2.55. The van der Waals surface area contributed by atoms with Crippen LogP contribution in [-0.2, 0) is 15.4 Å². The smallest absolute Gasteiger partial charge is 0.315 e. The molecule has 0 spiro atoms. The minimum atomic E-state index is -5.86. The number of sulfonamides is 1. The van der Waals surface area contributed by atoms with Crippen molar-refractivity contribution in [3.8, 4) is 0 Å². The predicted molar refractivity (Wildman–Crippen MR) is 92.3 cm³/mol. The van der Waals surface area contributed by atoms with E-state index in [-0.39, 0.29) is 10.3 Å². The van der Waals surface area contributed by atoms with Crippen molar-refractivity contribution in [3.05, 3.63) is 29.8 Å². The molecule has 2 amide bonds. The molecule has 0 bridgehead atoms. The van der Waals surface area contributed by atoms with Crippen LogP contribution in [0, 0.1) is 0 Å². The molecule has 0 aliphatic carbocycles. The maximum absolute atomic E-state index is 13.0. The molecule has 166 valence electrons. The highest BCUT2D eigenvalue weighted by atomic mass is 32.2. The molecular formula is C16H21F6N3O3S. The average molecular weight is 449 g/mol. The minimum absolute atomic E-state index is 0.285. The summed E-state index contributed by atoms with van der Waals surface area (Å²) in [6.45, 7) is 6.22. The highest BCUT2D eigenvalue weighted by Gasteiger charge is 2.70. The molecular weight excluding hydrogens is 428 g/mol. The molecule has 0 aliphatic heterocycles. The van der Waals surface area contributed by atoms with Crippen molar-refractivity contribution in [1.29, 1.82) is 0 Å². The molecule has 0 heterocycles. The Labute approximate surface area is 164 Å². The molecule has 0 unspecified atom stereocenters. The number of hydrazine groups is 1. The summed E-state index contributed by atoms with van der Waals surface area (Å²) in [6, 6.07) is 3.33. The Bertz CT molecular complexity index is 813. The van der Waals surface area contributed by atoms with Gasteiger partial charge in [0.05, 0.1) is 4.90 Å². The zero-order valence-corrected chi connectivity index (χ0v) is 16.7. The van der Waals surface area contributed by atoms with Gasteiger partial charge in [-0.05, 0) is 29.5 Å². The van der Waals surface area contributed by atoms with E-state index >= 15 is 0 Å². The van der Waals surface area contributed by atoms with Crippen LogP contribution < -0.4 is 15.6 Å². The van der Waals surface area contributed by atoms with Gasteiger partial charge in [-0.15, -0.1) is 4.83 Å². The van der Waals surface area contributed by atoms with E-state index in [0.29, 0.717) is 6.92 Å². The largest absolute Gasteiger partial charge is 0.420 e. The molecule has 6 nitrogen and oxygen atoms in total. The van der Waals surface area contributed by atoms with Crippen LogP contribution in [0.4, 0.5) is 31.1 Å². The number of carbonyl (C=O) groups excluding carboxylic acids is 1. The Balaban J connectivity index is 2.97. The Morgan fingerprint density at radius 3 is 1.72 bits per heavy atom. The first-order valence-corrected chi connectivity index (χ1v) is 9.69. The molecule has 0 atom stereocenters. The maximum atomic E-state index is 13.0. The molecule has 0 aliphatic rings. The van der Waals surface area contributed by atoms with Gasteiger partial charge in [0.15, 0.2) is 0 Å². The van der Waals surface area contributed by atoms with E-state index in [0.717, 1.165) is 10.9 Å². The molecule has 29 heavy (non-hydrogen) atoms. The SMILES string of the molecule is CCC(NC(=O)NNS(=O)(=O)c1ccc(C(C)(C)C)cc1)(C(F)(F)F)C(F)(F)F. The number of nitrogens with one attached hydrogen (secondary N) is 3. The third kappa shape index (κ3) is 5.53. The second-order valence-electron chi connectivity index (χ2n) is 7.21. The summed E-state index contributed by atoms with van der Waals surface area (Å²) < 4.78 is 102. The van der Waals surface area contributed by atoms with E-state index in [1.54, 1.807) is 0 Å². The van der Waals surface area contributed by atoms with Crippen molar-refractivity contribution >= 4 is 16.1 Å². The van der Waals surface area contributed by atoms with Gasteiger partial charge in [-0.2, -0.15) is 26.3 Å². The number of urea groups is 1. The molecule has 0 aromatic heterocycles. The van der Waals surface area contributed by atoms with Crippen LogP contribution in [0.3, 0.4) is 0 Å². The van der Waals surface area contributed by atoms with Gasteiger partial charge in [-0.1, -0.05) is 39.8 Å². The summed E-state index contributed by atoms with van der Waals surface area (Å²) in [4.78, 5) is 12.7. The second-order valence-corrected chi connectivity index (χ2v) is 8.90. The van der Waals surface area contributed by atoms with Gasteiger partial charge in [-0.25, -0.2) is 13.2 Å². The van der Waals surface area contributed by atoms with E-state index < -0.39 is 40.4 Å². The van der Waals surface area contributed by atoms with E-state index in [1.807, 2.05) is 20.8 Å². The molecule has 0 saturated heterocycles. The van der Waals surface area contributed by atoms with E-state index in [4.69, 9.17) is 0 Å². The van der Waals surface area contributed by atoms with Crippen LogP contribution in [0.5, 0.6) is 0 Å². The van der Waals surface area contributed by atoms with E-state index in [9.17, 15) is 39.6 Å². The number of hydrogen-bond acceptors (Lipinski definition) is 3. The molecule has 1 rings (SSSR count). The summed E-state index contributed by atoms with van der Waals surface area (Å²) in [6.07, 6.45) is -13.3. The summed E-state index contributed by atoms with van der Waals surface area (Å²) >= 11 is 0. The first-order chi connectivity index (χ1) is 12.9. The quantitative estimate of drug-likeness (QED) is 0.473. The zero-order chi connectivity index (χ0) is 22.9. The fourth-order valence-electron chi connectivity index (χ4n) is 2.32. The third-order valence-electron chi connectivity index (χ3n) is 4.15. The lowest BCUT2D eigenvalue weighted by Crippen LogP contribution is -2.69. The normalized spacial score (nSPS) is 13.9. The number of halogens is 6. The van der Waals surface area contributed by atoms with Crippen molar-refractivity contribution in [2.24, 2.45) is 0 Å². The van der Waals surface area contributed by atoms with Crippen LogP contribution in [0.1, 0.15) is 39.7 Å². The highest BCUT2D eigenvalue weighted by Crippen LogP contribution is 2.45. The van der Waals surface area contributed by atoms with Crippen molar-refractivity contribution in [1.82, 2.24) is 15.6 Å². The van der Waals surface area contributed by atoms with Crippen molar-refractivity contribution in [2.45, 2.75) is 62.3 Å². The summed E-state index contributed by atoms with van der Waals surface area (Å²) in [5.74, 6) is 0. The van der Waals surface area contributed by atoms with Crippen molar-refractivity contribution in [2.75, 3.05) is 0 Å². The zero-order valence-electron chi connectivity index (χ0n) is 15.9. The lowest BCUT2D eigenvalue weighted by molar-refractivity contribution is -0.304. The molecule has 1 aromatic carbocycles. The van der Waals surface area contributed by atoms with Crippen molar-refractivity contribution in [3.63, 3.8) is 0 Å². The number of carbonyl (C=O) groups is 1. The predicted octanol–water partition coefficient (Wildman–Crippen LogP) is 3.75. The van der Waals surface area contributed by atoms with Crippen LogP contribution in [0.25, 0.3) is 0 Å². The second kappa shape index (κ2) is 8.01. The first-order valence-electron chi connectivity index (χ1n) is 8.21. The Hall–Kier alpha value is -2.02. The lowest BCUT2D eigenvalue weighted by Gasteiger charge is -2.36. The lowest BCUT2D eigenvalue weighted by atomic mass is 9.87. The van der Waals surface area contributed by atoms with Crippen LogP contribution >= 0.6 is 0 Å². The van der Waals surface area contributed by atoms with E-state index in [2.05, 4.69) is 0 Å². The molecule has 13 heteroatoms. The Morgan fingerprint density at radius 2 is 1.38 bits per heavy atom. The monoisotopic (exact) mass is 449 g/mol. The van der Waals surface area contributed by atoms with Crippen LogP contribution in [0.2, 0.25) is 0 Å². The fourth-order valence-corrected chi connectivity index (χ4v) is 3.16. The molecule has 0 saturated carbocycles. The van der Waals surface area contributed by atoms with E-state index in [1.165, 1.54) is 34.5 Å². The van der Waals surface area contributed by atoms with Crippen LogP contribution in [0.15, 0.2) is 29.2 Å². The molecule has 0 fully saturated rings. The fraction of sp³-hybridized carbons (Fsp3) is 0.562. The minimum Gasteiger partial charge on any atom is -0.315 e. The maximum Gasteiger partial charge on any atom is 0.420 e. The molecule has 3 N–H and O–H groups in total. The van der Waals surface area contributed by atoms with Gasteiger partial charge in [-0.3, -0.25) is 5.43 Å². The topological polar surface area (TPSA) is 87.3 Å². The Kier molecular flexibility index (Phi) is 6.91. The number of benzene rings is 1. The first kappa shape index (κ1) is 25.0. The van der Waals surface area contributed by atoms with Gasteiger partial charge >= 0.3 is 18.4 Å². The van der Waals surface area contributed by atoms with Gasteiger partial charge in [0.2, 0.25) is 5.54 Å². The van der Waals surface area contributed by atoms with Crippen molar-refractivity contribution < 1.29 is 39.6 Å². The van der Waals surface area contributed by atoms with Gasteiger partial charge in [0, 0.05) is 0 Å². The number of amides is 2. The summed E-state index contributed by atoms with van der Waals surface area (Å²) in [5, 5.41) is 0.786. The Morgan fingerprint density at radius 1 is 0.931 bits per heavy atom. The number of hydrogen-bond donors (Lipinski definition) is 3. The number of alkyl halides is 6.